The normalized spacial score (nSPS) is 26.7. The van der Waals surface area contributed by atoms with Gasteiger partial charge >= 0.3 is 0 Å². The Balaban J connectivity index is 1.68. The minimum atomic E-state index is -0.254. The van der Waals surface area contributed by atoms with Crippen LogP contribution in [0.4, 0.5) is 4.39 Å². The molecule has 0 amide bonds. The molecule has 0 saturated carbocycles. The fourth-order valence-electron chi connectivity index (χ4n) is 3.81. The summed E-state index contributed by atoms with van der Waals surface area (Å²) in [6.07, 6.45) is 5.01. The van der Waals surface area contributed by atoms with E-state index in [2.05, 4.69) is 10.2 Å². The molecule has 0 radical (unpaired) electrons. The minimum Gasteiger partial charge on any atom is -0.316 e. The van der Waals surface area contributed by atoms with E-state index in [4.69, 9.17) is 5.26 Å². The van der Waals surface area contributed by atoms with Crippen molar-refractivity contribution in [2.45, 2.75) is 32.2 Å². The van der Waals surface area contributed by atoms with E-state index in [1.807, 2.05) is 6.07 Å². The van der Waals surface area contributed by atoms with Crippen molar-refractivity contribution in [1.29, 1.82) is 5.26 Å². The lowest BCUT2D eigenvalue weighted by molar-refractivity contribution is 0.0594. The van der Waals surface area contributed by atoms with Crippen LogP contribution in [0.5, 0.6) is 0 Å². The molecule has 3 nitrogen and oxygen atoms in total. The Hall–Kier alpha value is -1.44. The fraction of sp³-hybridized carbons (Fsp3) is 0.588. The van der Waals surface area contributed by atoms with E-state index in [1.165, 1.54) is 31.7 Å². The van der Waals surface area contributed by atoms with Crippen molar-refractivity contribution >= 4 is 0 Å². The number of hydrogen-bond donors (Lipinski definition) is 1. The van der Waals surface area contributed by atoms with Crippen LogP contribution in [0.25, 0.3) is 0 Å². The first kappa shape index (κ1) is 14.5. The van der Waals surface area contributed by atoms with E-state index in [1.54, 1.807) is 12.1 Å². The van der Waals surface area contributed by atoms with Crippen molar-refractivity contribution < 1.29 is 4.39 Å². The molecule has 2 aliphatic rings. The first-order chi connectivity index (χ1) is 10.2. The molecule has 3 rings (SSSR count). The molecule has 0 bridgehead atoms. The van der Waals surface area contributed by atoms with Crippen molar-refractivity contribution in [3.05, 3.63) is 35.1 Å². The predicted octanol–water partition coefficient (Wildman–Crippen LogP) is 2.66. The molecular formula is C17H22FN3. The summed E-state index contributed by atoms with van der Waals surface area (Å²) in [5.41, 5.74) is 1.48. The Morgan fingerprint density at radius 3 is 2.90 bits per heavy atom. The van der Waals surface area contributed by atoms with Crippen LogP contribution in [-0.4, -0.2) is 31.1 Å². The van der Waals surface area contributed by atoms with Crippen molar-refractivity contribution in [1.82, 2.24) is 10.2 Å². The van der Waals surface area contributed by atoms with Gasteiger partial charge in [-0.1, -0.05) is 6.07 Å². The Morgan fingerprint density at radius 2 is 2.19 bits per heavy atom. The molecule has 112 valence electrons. The highest BCUT2D eigenvalue weighted by Crippen LogP contribution is 2.36. The molecule has 21 heavy (non-hydrogen) atoms. The van der Waals surface area contributed by atoms with E-state index >= 15 is 0 Å². The summed E-state index contributed by atoms with van der Waals surface area (Å²) in [7, 11) is 0. The number of rotatable bonds is 2. The summed E-state index contributed by atoms with van der Waals surface area (Å²) in [6.45, 7) is 4.98. The second kappa shape index (κ2) is 6.13. The quantitative estimate of drug-likeness (QED) is 0.909. The first-order valence-electron chi connectivity index (χ1n) is 7.82. The standard InChI is InChI=1S/C17H22FN3/c18-16-9-14(10-19)3-4-15(16)11-21-8-2-6-17(13-21)5-1-7-20-12-17/h3-4,9,20H,1-2,5-8,11-13H2. The number of halogens is 1. The van der Waals surface area contributed by atoms with Gasteiger partial charge in [0, 0.05) is 25.2 Å². The largest absolute Gasteiger partial charge is 0.316 e. The van der Waals surface area contributed by atoms with Crippen LogP contribution in [0.15, 0.2) is 18.2 Å². The van der Waals surface area contributed by atoms with Gasteiger partial charge in [-0.05, 0) is 56.3 Å². The van der Waals surface area contributed by atoms with Gasteiger partial charge in [-0.15, -0.1) is 0 Å². The third kappa shape index (κ3) is 3.25. The monoisotopic (exact) mass is 287 g/mol. The molecule has 2 heterocycles. The number of piperidine rings is 2. The lowest BCUT2D eigenvalue weighted by Gasteiger charge is -2.45. The van der Waals surface area contributed by atoms with Crippen LogP contribution in [0, 0.1) is 22.6 Å². The van der Waals surface area contributed by atoms with Crippen molar-refractivity contribution in [3.63, 3.8) is 0 Å². The van der Waals surface area contributed by atoms with Gasteiger partial charge in [0.1, 0.15) is 5.82 Å². The minimum absolute atomic E-state index is 0.254. The molecule has 1 spiro atoms. The highest BCUT2D eigenvalue weighted by atomic mass is 19.1. The van der Waals surface area contributed by atoms with Crippen LogP contribution < -0.4 is 5.32 Å². The second-order valence-electron chi connectivity index (χ2n) is 6.51. The summed E-state index contributed by atoms with van der Waals surface area (Å²) < 4.78 is 14.0. The first-order valence-corrected chi connectivity index (χ1v) is 7.82. The van der Waals surface area contributed by atoms with Gasteiger partial charge in [0.2, 0.25) is 0 Å². The molecule has 0 aliphatic carbocycles. The smallest absolute Gasteiger partial charge is 0.129 e. The van der Waals surface area contributed by atoms with Gasteiger partial charge in [-0.2, -0.15) is 5.26 Å². The van der Waals surface area contributed by atoms with Gasteiger partial charge in [-0.3, -0.25) is 4.90 Å². The average molecular weight is 287 g/mol. The number of nitrogens with zero attached hydrogens (tertiary/aromatic N) is 2. The van der Waals surface area contributed by atoms with Crippen molar-refractivity contribution in [2.75, 3.05) is 26.2 Å². The van der Waals surface area contributed by atoms with E-state index in [0.717, 1.165) is 26.2 Å². The highest BCUT2D eigenvalue weighted by Gasteiger charge is 2.36. The molecule has 2 saturated heterocycles. The average Bonchev–Trinajstić information content (AvgIpc) is 2.50. The van der Waals surface area contributed by atoms with E-state index in [0.29, 0.717) is 23.1 Å². The van der Waals surface area contributed by atoms with Crippen LogP contribution >= 0.6 is 0 Å². The van der Waals surface area contributed by atoms with E-state index in [-0.39, 0.29) is 5.82 Å². The summed E-state index contributed by atoms with van der Waals surface area (Å²) in [5, 5.41) is 12.3. The molecule has 2 aliphatic heterocycles. The Bertz CT molecular complexity index is 538. The van der Waals surface area contributed by atoms with Crippen LogP contribution in [-0.2, 0) is 6.54 Å². The van der Waals surface area contributed by atoms with Crippen LogP contribution in [0.2, 0.25) is 0 Å². The summed E-state index contributed by atoms with van der Waals surface area (Å²) in [5.74, 6) is -0.254. The predicted molar refractivity (Wildman–Crippen MR) is 80.2 cm³/mol. The third-order valence-corrected chi connectivity index (χ3v) is 4.88. The SMILES string of the molecule is N#Cc1ccc(CN2CCCC3(CCCNC3)C2)c(F)c1. The topological polar surface area (TPSA) is 39.1 Å². The summed E-state index contributed by atoms with van der Waals surface area (Å²) in [4.78, 5) is 2.38. The lowest BCUT2D eigenvalue weighted by Crippen LogP contribution is -2.50. The molecule has 1 N–H and O–H groups in total. The molecule has 1 unspecified atom stereocenters. The summed E-state index contributed by atoms with van der Waals surface area (Å²) in [6, 6.07) is 6.79. The number of hydrogen-bond acceptors (Lipinski definition) is 3. The molecule has 1 aromatic carbocycles. The van der Waals surface area contributed by atoms with Crippen LogP contribution in [0.3, 0.4) is 0 Å². The number of benzene rings is 1. The second-order valence-corrected chi connectivity index (χ2v) is 6.51. The number of nitrogens with one attached hydrogen (secondary N) is 1. The number of nitriles is 1. The number of likely N-dealkylation sites (tertiary alicyclic amines) is 1. The zero-order chi connectivity index (χ0) is 14.7. The molecule has 4 heteroatoms. The molecule has 2 fully saturated rings. The highest BCUT2D eigenvalue weighted by molar-refractivity contribution is 5.32. The zero-order valence-corrected chi connectivity index (χ0v) is 12.4. The Morgan fingerprint density at radius 1 is 1.33 bits per heavy atom. The van der Waals surface area contributed by atoms with Crippen molar-refractivity contribution in [2.24, 2.45) is 5.41 Å². The molecule has 0 aromatic heterocycles. The van der Waals surface area contributed by atoms with Crippen LogP contribution in [0.1, 0.15) is 36.8 Å². The van der Waals surface area contributed by atoms with E-state index in [9.17, 15) is 4.39 Å². The van der Waals surface area contributed by atoms with Gasteiger partial charge in [0.25, 0.3) is 0 Å². The Kier molecular flexibility index (Phi) is 4.23. The van der Waals surface area contributed by atoms with E-state index < -0.39 is 0 Å². The van der Waals surface area contributed by atoms with Gasteiger partial charge in [0.15, 0.2) is 0 Å². The maximum Gasteiger partial charge on any atom is 0.129 e. The van der Waals surface area contributed by atoms with Gasteiger partial charge < -0.3 is 5.32 Å². The maximum absolute atomic E-state index is 14.0. The Labute approximate surface area is 125 Å². The summed E-state index contributed by atoms with van der Waals surface area (Å²) >= 11 is 0. The van der Waals surface area contributed by atoms with Gasteiger partial charge in [0.05, 0.1) is 11.6 Å². The maximum atomic E-state index is 14.0. The zero-order valence-electron chi connectivity index (χ0n) is 12.4. The molecular weight excluding hydrogens is 265 g/mol. The van der Waals surface area contributed by atoms with Crippen molar-refractivity contribution in [3.8, 4) is 6.07 Å². The van der Waals surface area contributed by atoms with Gasteiger partial charge in [-0.25, -0.2) is 4.39 Å². The fourth-order valence-corrected chi connectivity index (χ4v) is 3.81. The molecule has 1 aromatic rings. The molecule has 1 atom stereocenters. The third-order valence-electron chi connectivity index (χ3n) is 4.88. The lowest BCUT2D eigenvalue weighted by atomic mass is 9.74.